The average Bonchev–Trinajstić information content (AvgIpc) is 2.45. The second-order valence-electron chi connectivity index (χ2n) is 5.51. The SMILES string of the molecule is CCC(N)Cc1ccc(Sc2cc(C)ccc2C)c(F)c1. The Morgan fingerprint density at radius 3 is 2.52 bits per heavy atom. The van der Waals surface area contributed by atoms with Gasteiger partial charge in [0.1, 0.15) is 5.82 Å². The maximum atomic E-state index is 14.3. The molecular weight excluding hydrogens is 281 g/mol. The number of hydrogen-bond acceptors (Lipinski definition) is 2. The van der Waals surface area contributed by atoms with Gasteiger partial charge in [-0.15, -0.1) is 0 Å². The molecule has 0 aliphatic heterocycles. The van der Waals surface area contributed by atoms with Crippen molar-refractivity contribution in [1.82, 2.24) is 0 Å². The van der Waals surface area contributed by atoms with Gasteiger partial charge in [-0.3, -0.25) is 0 Å². The molecule has 2 rings (SSSR count). The van der Waals surface area contributed by atoms with Crippen LogP contribution in [-0.2, 0) is 6.42 Å². The minimum absolute atomic E-state index is 0.0990. The van der Waals surface area contributed by atoms with Crippen LogP contribution in [0.5, 0.6) is 0 Å². The van der Waals surface area contributed by atoms with Crippen molar-refractivity contribution in [3.63, 3.8) is 0 Å². The second kappa shape index (κ2) is 7.10. The van der Waals surface area contributed by atoms with E-state index in [0.717, 1.165) is 23.3 Å². The molecule has 2 aromatic rings. The van der Waals surface area contributed by atoms with Crippen LogP contribution in [0.25, 0.3) is 0 Å². The van der Waals surface area contributed by atoms with Crippen LogP contribution in [0.1, 0.15) is 30.0 Å². The number of nitrogens with two attached hydrogens (primary N) is 1. The van der Waals surface area contributed by atoms with Crippen molar-refractivity contribution in [1.29, 1.82) is 0 Å². The largest absolute Gasteiger partial charge is 0.327 e. The number of halogens is 1. The van der Waals surface area contributed by atoms with E-state index in [-0.39, 0.29) is 11.9 Å². The summed E-state index contributed by atoms with van der Waals surface area (Å²) in [5.41, 5.74) is 9.25. The summed E-state index contributed by atoms with van der Waals surface area (Å²) in [6.07, 6.45) is 1.63. The van der Waals surface area contributed by atoms with Gasteiger partial charge in [-0.05, 0) is 61.6 Å². The first-order chi connectivity index (χ1) is 9.99. The molecule has 0 aliphatic carbocycles. The van der Waals surface area contributed by atoms with E-state index in [1.54, 1.807) is 6.07 Å². The fraction of sp³-hybridized carbons (Fsp3) is 0.333. The molecular formula is C18H22FNS. The van der Waals surface area contributed by atoms with Gasteiger partial charge in [0.25, 0.3) is 0 Å². The summed E-state index contributed by atoms with van der Waals surface area (Å²) in [5, 5.41) is 0. The third-order valence-corrected chi connectivity index (χ3v) is 4.79. The Hall–Kier alpha value is -1.32. The van der Waals surface area contributed by atoms with E-state index in [0.29, 0.717) is 4.90 Å². The highest BCUT2D eigenvalue weighted by molar-refractivity contribution is 7.99. The highest BCUT2D eigenvalue weighted by Gasteiger charge is 2.09. The first-order valence-electron chi connectivity index (χ1n) is 7.28. The average molecular weight is 303 g/mol. The van der Waals surface area contributed by atoms with E-state index in [4.69, 9.17) is 5.73 Å². The predicted molar refractivity (Wildman–Crippen MR) is 88.4 cm³/mol. The minimum Gasteiger partial charge on any atom is -0.327 e. The minimum atomic E-state index is -0.165. The van der Waals surface area contributed by atoms with E-state index >= 15 is 0 Å². The zero-order valence-electron chi connectivity index (χ0n) is 12.8. The molecule has 2 N–H and O–H groups in total. The number of aryl methyl sites for hydroxylation is 2. The molecule has 0 aromatic heterocycles. The Morgan fingerprint density at radius 1 is 1.10 bits per heavy atom. The van der Waals surface area contributed by atoms with Crippen molar-refractivity contribution >= 4 is 11.8 Å². The van der Waals surface area contributed by atoms with Crippen molar-refractivity contribution in [2.24, 2.45) is 5.73 Å². The molecule has 2 aromatic carbocycles. The van der Waals surface area contributed by atoms with Gasteiger partial charge in [0.05, 0.1) is 0 Å². The highest BCUT2D eigenvalue weighted by Crippen LogP contribution is 2.33. The smallest absolute Gasteiger partial charge is 0.137 e. The van der Waals surface area contributed by atoms with E-state index in [9.17, 15) is 4.39 Å². The molecule has 0 saturated carbocycles. The van der Waals surface area contributed by atoms with Gasteiger partial charge in [0.2, 0.25) is 0 Å². The van der Waals surface area contributed by atoms with Crippen molar-refractivity contribution in [3.05, 3.63) is 58.9 Å². The van der Waals surface area contributed by atoms with E-state index < -0.39 is 0 Å². The summed E-state index contributed by atoms with van der Waals surface area (Å²) < 4.78 is 14.3. The standard InChI is InChI=1S/C18H22FNS/c1-4-15(20)10-14-7-8-17(16(19)11-14)21-18-9-12(2)5-6-13(18)3/h5-9,11,15H,4,10,20H2,1-3H3. The molecule has 3 heteroatoms. The van der Waals surface area contributed by atoms with Gasteiger partial charge in [-0.1, -0.05) is 36.9 Å². The zero-order chi connectivity index (χ0) is 15.4. The van der Waals surface area contributed by atoms with E-state index in [2.05, 4.69) is 25.1 Å². The fourth-order valence-corrected chi connectivity index (χ4v) is 3.14. The van der Waals surface area contributed by atoms with Crippen LogP contribution in [0, 0.1) is 19.7 Å². The summed E-state index contributed by atoms with van der Waals surface area (Å²) in [6, 6.07) is 11.8. The first-order valence-corrected chi connectivity index (χ1v) is 8.10. The molecule has 1 nitrogen and oxygen atoms in total. The molecule has 0 saturated heterocycles. The molecule has 0 heterocycles. The van der Waals surface area contributed by atoms with E-state index in [1.165, 1.54) is 22.9 Å². The third-order valence-electron chi connectivity index (χ3n) is 3.58. The topological polar surface area (TPSA) is 26.0 Å². The molecule has 0 spiro atoms. The Kier molecular flexibility index (Phi) is 5.43. The lowest BCUT2D eigenvalue weighted by Crippen LogP contribution is -2.21. The Bertz CT molecular complexity index is 625. The van der Waals surface area contributed by atoms with Crippen LogP contribution < -0.4 is 5.73 Å². The van der Waals surface area contributed by atoms with Crippen molar-refractivity contribution in [3.8, 4) is 0 Å². The Balaban J connectivity index is 2.19. The maximum absolute atomic E-state index is 14.3. The Labute approximate surface area is 130 Å². The van der Waals surface area contributed by atoms with Gasteiger partial charge in [0, 0.05) is 15.8 Å². The van der Waals surface area contributed by atoms with Crippen LogP contribution >= 0.6 is 11.8 Å². The van der Waals surface area contributed by atoms with Crippen LogP contribution in [0.3, 0.4) is 0 Å². The van der Waals surface area contributed by atoms with Crippen LogP contribution in [-0.4, -0.2) is 6.04 Å². The lowest BCUT2D eigenvalue weighted by Gasteiger charge is -2.11. The highest BCUT2D eigenvalue weighted by atomic mass is 32.2. The quantitative estimate of drug-likeness (QED) is 0.852. The molecule has 21 heavy (non-hydrogen) atoms. The summed E-state index contributed by atoms with van der Waals surface area (Å²) in [6.45, 7) is 6.15. The molecule has 0 bridgehead atoms. The Morgan fingerprint density at radius 2 is 1.86 bits per heavy atom. The van der Waals surface area contributed by atoms with Gasteiger partial charge in [-0.2, -0.15) is 0 Å². The number of rotatable bonds is 5. The van der Waals surface area contributed by atoms with Crippen molar-refractivity contribution < 1.29 is 4.39 Å². The summed E-state index contributed by atoms with van der Waals surface area (Å²) >= 11 is 1.48. The normalized spacial score (nSPS) is 12.4. The fourth-order valence-electron chi connectivity index (χ4n) is 2.14. The molecule has 0 aliphatic rings. The molecule has 1 unspecified atom stereocenters. The van der Waals surface area contributed by atoms with Crippen molar-refractivity contribution in [2.75, 3.05) is 0 Å². The molecule has 1 atom stereocenters. The lowest BCUT2D eigenvalue weighted by atomic mass is 10.0. The van der Waals surface area contributed by atoms with Gasteiger partial charge in [-0.25, -0.2) is 4.39 Å². The summed E-state index contributed by atoms with van der Waals surface area (Å²) in [7, 11) is 0. The number of hydrogen-bond donors (Lipinski definition) is 1. The molecule has 0 amide bonds. The van der Waals surface area contributed by atoms with Gasteiger partial charge in [0.15, 0.2) is 0 Å². The van der Waals surface area contributed by atoms with Crippen LogP contribution in [0.4, 0.5) is 4.39 Å². The monoisotopic (exact) mass is 303 g/mol. The molecule has 0 radical (unpaired) electrons. The van der Waals surface area contributed by atoms with Gasteiger partial charge < -0.3 is 5.73 Å². The maximum Gasteiger partial charge on any atom is 0.137 e. The lowest BCUT2D eigenvalue weighted by molar-refractivity contribution is 0.593. The summed E-state index contributed by atoms with van der Waals surface area (Å²) in [4.78, 5) is 1.77. The second-order valence-corrected chi connectivity index (χ2v) is 6.59. The van der Waals surface area contributed by atoms with Gasteiger partial charge >= 0.3 is 0 Å². The van der Waals surface area contributed by atoms with Crippen LogP contribution in [0.2, 0.25) is 0 Å². The first kappa shape index (κ1) is 16.1. The predicted octanol–water partition coefficient (Wildman–Crippen LogP) is 4.87. The third kappa shape index (κ3) is 4.32. The molecule has 112 valence electrons. The van der Waals surface area contributed by atoms with Crippen LogP contribution in [0.15, 0.2) is 46.2 Å². The molecule has 0 fully saturated rings. The zero-order valence-corrected chi connectivity index (χ0v) is 13.6. The van der Waals surface area contributed by atoms with Crippen molar-refractivity contribution in [2.45, 2.75) is 49.4 Å². The number of benzene rings is 2. The summed E-state index contributed by atoms with van der Waals surface area (Å²) in [5.74, 6) is -0.165. The van der Waals surface area contributed by atoms with E-state index in [1.807, 2.05) is 26.0 Å².